The number of piperidine rings is 1. The van der Waals surface area contributed by atoms with E-state index in [0.717, 1.165) is 18.7 Å². The Morgan fingerprint density at radius 2 is 1.88 bits per heavy atom. The number of aromatic nitrogens is 2. The molecule has 24 heavy (non-hydrogen) atoms. The number of aryl methyl sites for hydroxylation is 1. The van der Waals surface area contributed by atoms with Gasteiger partial charge in [0.05, 0.1) is 23.8 Å². The fraction of sp³-hybridized carbons (Fsp3) is 0.688. The summed E-state index contributed by atoms with van der Waals surface area (Å²) in [6.45, 7) is 4.77. The lowest BCUT2D eigenvalue weighted by atomic mass is 9.97. The molecule has 0 aromatic carbocycles. The fourth-order valence-electron chi connectivity index (χ4n) is 2.70. The van der Waals surface area contributed by atoms with Gasteiger partial charge in [-0.25, -0.2) is 22.7 Å². The van der Waals surface area contributed by atoms with Gasteiger partial charge in [-0.1, -0.05) is 20.3 Å². The van der Waals surface area contributed by atoms with E-state index in [1.165, 1.54) is 4.31 Å². The molecule has 2 rings (SSSR count). The van der Waals surface area contributed by atoms with E-state index in [1.54, 1.807) is 12.4 Å². The summed E-state index contributed by atoms with van der Waals surface area (Å²) in [5.41, 5.74) is 0.579. The Labute approximate surface area is 143 Å². The smallest absolute Gasteiger partial charge is 0.227 e. The highest BCUT2D eigenvalue weighted by Gasteiger charge is 2.30. The predicted molar refractivity (Wildman–Crippen MR) is 93.0 cm³/mol. The number of anilines is 1. The summed E-state index contributed by atoms with van der Waals surface area (Å²) in [7, 11) is -3.18. The van der Waals surface area contributed by atoms with Crippen molar-refractivity contribution in [2.75, 3.05) is 24.2 Å². The van der Waals surface area contributed by atoms with Gasteiger partial charge in [0.1, 0.15) is 5.82 Å². The normalized spacial score (nSPS) is 16.9. The molecule has 1 aliphatic heterocycles. The molecule has 1 N–H and O–H groups in total. The lowest BCUT2D eigenvalue weighted by Gasteiger charge is -2.30. The van der Waals surface area contributed by atoms with Crippen LogP contribution >= 0.6 is 0 Å². The Morgan fingerprint density at radius 1 is 1.25 bits per heavy atom. The van der Waals surface area contributed by atoms with Gasteiger partial charge in [-0.05, 0) is 19.3 Å². The zero-order valence-corrected chi connectivity index (χ0v) is 15.2. The average Bonchev–Trinajstić information content (AvgIpc) is 2.60. The SMILES string of the molecule is CCCCS(=O)(=O)N1CCC(C(=O)Nc2cnc(CC)nc2)CC1. The van der Waals surface area contributed by atoms with Crippen molar-refractivity contribution in [2.45, 2.75) is 46.0 Å². The number of nitrogens with zero attached hydrogens (tertiary/aromatic N) is 3. The molecule has 1 aromatic rings. The molecule has 134 valence electrons. The molecule has 0 aliphatic carbocycles. The quantitative estimate of drug-likeness (QED) is 0.806. The third-order valence-electron chi connectivity index (χ3n) is 4.26. The van der Waals surface area contributed by atoms with Crippen LogP contribution in [0.15, 0.2) is 12.4 Å². The first-order valence-electron chi connectivity index (χ1n) is 8.56. The first kappa shape index (κ1) is 18.8. The zero-order chi connectivity index (χ0) is 17.6. The Kier molecular flexibility index (Phi) is 6.68. The van der Waals surface area contributed by atoms with E-state index in [2.05, 4.69) is 15.3 Å². The number of carbonyl (C=O) groups excluding carboxylic acids is 1. The Hall–Kier alpha value is -1.54. The summed E-state index contributed by atoms with van der Waals surface area (Å²) in [5, 5.41) is 2.82. The molecule has 8 heteroatoms. The first-order valence-corrected chi connectivity index (χ1v) is 10.2. The molecular weight excluding hydrogens is 328 g/mol. The molecule has 0 bridgehead atoms. The standard InChI is InChI=1S/C16H26N4O3S/c1-3-5-10-24(22,23)20-8-6-13(7-9-20)16(21)19-14-11-17-15(4-2)18-12-14/h11-13H,3-10H2,1-2H3,(H,19,21). The minimum Gasteiger partial charge on any atom is -0.323 e. The lowest BCUT2D eigenvalue weighted by molar-refractivity contribution is -0.120. The molecule has 1 saturated heterocycles. The Morgan fingerprint density at radius 3 is 2.42 bits per heavy atom. The predicted octanol–water partition coefficient (Wildman–Crippen LogP) is 1.82. The second-order valence-corrected chi connectivity index (χ2v) is 8.16. The van der Waals surface area contributed by atoms with E-state index < -0.39 is 10.0 Å². The number of carbonyl (C=O) groups is 1. The fourth-order valence-corrected chi connectivity index (χ4v) is 4.38. The number of sulfonamides is 1. The van der Waals surface area contributed by atoms with Gasteiger partial charge in [-0.2, -0.15) is 0 Å². The van der Waals surface area contributed by atoms with Crippen LogP contribution in [0, 0.1) is 5.92 Å². The Bertz CT molecular complexity index is 638. The highest BCUT2D eigenvalue weighted by Crippen LogP contribution is 2.22. The molecule has 2 heterocycles. The van der Waals surface area contributed by atoms with Crippen LogP contribution in [-0.2, 0) is 21.2 Å². The number of amides is 1. The second-order valence-electron chi connectivity index (χ2n) is 6.07. The van der Waals surface area contributed by atoms with Crippen molar-refractivity contribution in [3.63, 3.8) is 0 Å². The van der Waals surface area contributed by atoms with Gasteiger partial charge in [0.15, 0.2) is 0 Å². The number of unbranched alkanes of at least 4 members (excludes halogenated alkanes) is 1. The Balaban J connectivity index is 1.86. The largest absolute Gasteiger partial charge is 0.323 e. The molecular formula is C16H26N4O3S. The maximum Gasteiger partial charge on any atom is 0.227 e. The summed E-state index contributed by atoms with van der Waals surface area (Å²) in [6.07, 6.45) is 6.59. The molecule has 0 unspecified atom stereocenters. The number of rotatable bonds is 7. The first-order chi connectivity index (χ1) is 11.5. The molecule has 0 atom stereocenters. The van der Waals surface area contributed by atoms with Crippen molar-refractivity contribution < 1.29 is 13.2 Å². The van der Waals surface area contributed by atoms with Crippen LogP contribution in [0.5, 0.6) is 0 Å². The van der Waals surface area contributed by atoms with Gasteiger partial charge in [0.25, 0.3) is 0 Å². The van der Waals surface area contributed by atoms with E-state index in [9.17, 15) is 13.2 Å². The van der Waals surface area contributed by atoms with Gasteiger partial charge in [0.2, 0.25) is 15.9 Å². The van der Waals surface area contributed by atoms with Crippen LogP contribution in [0.2, 0.25) is 0 Å². The van der Waals surface area contributed by atoms with Crippen molar-refractivity contribution in [1.82, 2.24) is 14.3 Å². The van der Waals surface area contributed by atoms with Crippen LogP contribution in [0.1, 0.15) is 45.4 Å². The summed E-state index contributed by atoms with van der Waals surface area (Å²) in [6, 6.07) is 0. The van der Waals surface area contributed by atoms with Crippen molar-refractivity contribution in [3.05, 3.63) is 18.2 Å². The molecule has 0 spiro atoms. The van der Waals surface area contributed by atoms with Gasteiger partial charge in [0, 0.05) is 25.4 Å². The van der Waals surface area contributed by atoms with Gasteiger partial charge < -0.3 is 5.32 Å². The van der Waals surface area contributed by atoms with Crippen LogP contribution in [-0.4, -0.2) is 47.4 Å². The van der Waals surface area contributed by atoms with Crippen LogP contribution < -0.4 is 5.32 Å². The van der Waals surface area contributed by atoms with Gasteiger partial charge in [-0.3, -0.25) is 4.79 Å². The maximum atomic E-state index is 12.3. The molecule has 1 aromatic heterocycles. The van der Waals surface area contributed by atoms with Gasteiger partial charge in [-0.15, -0.1) is 0 Å². The molecule has 0 saturated carbocycles. The van der Waals surface area contributed by atoms with E-state index in [4.69, 9.17) is 0 Å². The highest BCUT2D eigenvalue weighted by molar-refractivity contribution is 7.89. The third kappa shape index (κ3) is 4.98. The lowest BCUT2D eigenvalue weighted by Crippen LogP contribution is -2.42. The summed E-state index contributed by atoms with van der Waals surface area (Å²) < 4.78 is 25.9. The van der Waals surface area contributed by atoms with Crippen molar-refractivity contribution in [1.29, 1.82) is 0 Å². The number of hydrogen-bond acceptors (Lipinski definition) is 5. The molecule has 1 amide bonds. The van der Waals surface area contributed by atoms with Gasteiger partial charge >= 0.3 is 0 Å². The monoisotopic (exact) mass is 354 g/mol. The zero-order valence-electron chi connectivity index (χ0n) is 14.4. The van der Waals surface area contributed by atoms with Crippen molar-refractivity contribution >= 4 is 21.6 Å². The van der Waals surface area contributed by atoms with Crippen LogP contribution in [0.3, 0.4) is 0 Å². The number of hydrogen-bond donors (Lipinski definition) is 1. The summed E-state index contributed by atoms with van der Waals surface area (Å²) in [4.78, 5) is 20.6. The minimum absolute atomic E-state index is 0.0894. The van der Waals surface area contributed by atoms with Crippen LogP contribution in [0.4, 0.5) is 5.69 Å². The third-order valence-corrected chi connectivity index (χ3v) is 6.22. The van der Waals surface area contributed by atoms with Crippen molar-refractivity contribution in [3.8, 4) is 0 Å². The topological polar surface area (TPSA) is 92.3 Å². The minimum atomic E-state index is -3.18. The number of nitrogens with one attached hydrogen (secondary N) is 1. The summed E-state index contributed by atoms with van der Waals surface area (Å²) in [5.74, 6) is 0.669. The highest BCUT2D eigenvalue weighted by atomic mass is 32.2. The molecule has 1 aliphatic rings. The van der Waals surface area contributed by atoms with E-state index in [1.807, 2.05) is 13.8 Å². The van der Waals surface area contributed by atoms with E-state index in [-0.39, 0.29) is 17.6 Å². The van der Waals surface area contributed by atoms with Crippen molar-refractivity contribution in [2.24, 2.45) is 5.92 Å². The summed E-state index contributed by atoms with van der Waals surface area (Å²) >= 11 is 0. The molecule has 0 radical (unpaired) electrons. The average molecular weight is 354 g/mol. The van der Waals surface area contributed by atoms with Crippen LogP contribution in [0.25, 0.3) is 0 Å². The van der Waals surface area contributed by atoms with E-state index in [0.29, 0.717) is 38.0 Å². The van der Waals surface area contributed by atoms with E-state index >= 15 is 0 Å². The second kappa shape index (κ2) is 8.53. The maximum absolute atomic E-state index is 12.3. The molecule has 1 fully saturated rings. The molecule has 7 nitrogen and oxygen atoms in total.